The lowest BCUT2D eigenvalue weighted by Crippen LogP contribution is -1.98. The summed E-state index contributed by atoms with van der Waals surface area (Å²) in [6, 6.07) is 55.8. The normalized spacial score (nSPS) is 11.5. The van der Waals surface area contributed by atoms with Gasteiger partial charge in [0.2, 0.25) is 0 Å². The quantitative estimate of drug-likeness (QED) is 0.160. The molecule has 0 aliphatic carbocycles. The van der Waals surface area contributed by atoms with E-state index in [4.69, 9.17) is 4.74 Å². The molecule has 0 bridgehead atoms. The second kappa shape index (κ2) is 11.7. The predicted octanol–water partition coefficient (Wildman–Crippen LogP) is 12.4. The molecule has 0 saturated heterocycles. The lowest BCUT2D eigenvalue weighted by atomic mass is 9.98. The van der Waals surface area contributed by atoms with Gasteiger partial charge in [0.25, 0.3) is 0 Å². The summed E-state index contributed by atoms with van der Waals surface area (Å²) in [6.45, 7) is 4.41. The van der Waals surface area contributed by atoms with Crippen LogP contribution in [-0.4, -0.2) is 11.3 Å². The fourth-order valence-corrected chi connectivity index (χ4v) is 8.18. The van der Waals surface area contributed by atoms with Gasteiger partial charge < -0.3 is 9.30 Å². The zero-order valence-electron chi connectivity index (χ0n) is 26.1. The fraction of sp³-hybridized carbons (Fsp3) is 0.0227. The number of hydrogen-bond acceptors (Lipinski definition) is 3. The zero-order chi connectivity index (χ0) is 32.0. The zero-order valence-corrected chi connectivity index (χ0v) is 27.0. The van der Waals surface area contributed by atoms with Gasteiger partial charge in [-0.1, -0.05) is 121 Å². The molecule has 2 heterocycles. The highest BCUT2D eigenvalue weighted by Crippen LogP contribution is 2.49. The highest BCUT2D eigenvalue weighted by atomic mass is 32.1. The molecule has 0 spiro atoms. The summed E-state index contributed by atoms with van der Waals surface area (Å²) in [5.74, 6) is 0.729. The smallest absolute Gasteiger partial charge is 0.146 e. The largest absolute Gasteiger partial charge is 0.487 e. The van der Waals surface area contributed by atoms with Crippen LogP contribution in [0.15, 0.2) is 163 Å². The van der Waals surface area contributed by atoms with Gasteiger partial charge in [-0.3, -0.25) is 4.99 Å². The van der Waals surface area contributed by atoms with Gasteiger partial charge in [0, 0.05) is 42.2 Å². The van der Waals surface area contributed by atoms with Gasteiger partial charge in [0.05, 0.1) is 11.0 Å². The Morgan fingerprint density at radius 3 is 2.02 bits per heavy atom. The molecule has 0 aliphatic heterocycles. The van der Waals surface area contributed by atoms with E-state index in [-0.39, 0.29) is 0 Å². The van der Waals surface area contributed by atoms with Crippen molar-refractivity contribution in [3.8, 4) is 33.7 Å². The summed E-state index contributed by atoms with van der Waals surface area (Å²) in [6.07, 6.45) is 0. The Labute approximate surface area is 282 Å². The molecule has 4 heteroatoms. The number of benzene rings is 7. The molecule has 3 nitrogen and oxygen atoms in total. The average molecular weight is 635 g/mol. The average Bonchev–Trinajstić information content (AvgIpc) is 3.70. The predicted molar refractivity (Wildman–Crippen MR) is 205 cm³/mol. The second-order valence-corrected chi connectivity index (χ2v) is 13.1. The van der Waals surface area contributed by atoms with Crippen LogP contribution in [0, 0.1) is 0 Å². The Balaban J connectivity index is 1.16. The standard InChI is InChI=1S/C44H30N2OS/c1-45-43-40(47-28-29-20-25-35-34-16-8-10-18-38(34)46(39(35)26-29)33-14-6-3-7-15-33)27-37(44-42(43)36-17-9-11-19-41(36)48-44)32-23-21-31(22-24-32)30-12-4-2-5-13-30/h2-27H,1,28H2. The Morgan fingerprint density at radius 2 is 1.23 bits per heavy atom. The number of para-hydroxylation sites is 2. The van der Waals surface area contributed by atoms with E-state index >= 15 is 0 Å². The molecule has 0 aliphatic rings. The van der Waals surface area contributed by atoms with Crippen molar-refractivity contribution in [3.05, 3.63) is 163 Å². The van der Waals surface area contributed by atoms with Crippen LogP contribution >= 0.6 is 11.3 Å². The maximum absolute atomic E-state index is 6.73. The molecule has 0 fully saturated rings. The number of nitrogens with zero attached hydrogens (tertiary/aromatic N) is 2. The van der Waals surface area contributed by atoms with Gasteiger partial charge in [-0.2, -0.15) is 0 Å². The minimum absolute atomic E-state index is 0.398. The monoisotopic (exact) mass is 634 g/mol. The SMILES string of the molecule is C=Nc1c(OCc2ccc3c4ccccc4n(-c4ccccc4)c3c2)cc(-c2ccc(-c3ccccc3)cc2)c2sc3ccccc3c12. The molecule has 0 atom stereocenters. The summed E-state index contributed by atoms with van der Waals surface area (Å²) in [7, 11) is 0. The van der Waals surface area contributed by atoms with Crippen LogP contribution in [0.1, 0.15) is 5.56 Å². The summed E-state index contributed by atoms with van der Waals surface area (Å²) in [5, 5.41) is 4.71. The van der Waals surface area contributed by atoms with Crippen LogP contribution in [0.25, 0.3) is 69.9 Å². The van der Waals surface area contributed by atoms with Gasteiger partial charge in [-0.15, -0.1) is 11.3 Å². The minimum Gasteiger partial charge on any atom is -0.487 e. The molecule has 9 aromatic rings. The third-order valence-corrected chi connectivity index (χ3v) is 10.4. The molecular formula is C44H30N2OS. The van der Waals surface area contributed by atoms with Gasteiger partial charge in [-0.25, -0.2) is 0 Å². The minimum atomic E-state index is 0.398. The first-order valence-electron chi connectivity index (χ1n) is 16.1. The van der Waals surface area contributed by atoms with Crippen molar-refractivity contribution >= 4 is 65.7 Å². The Morgan fingerprint density at radius 1 is 0.583 bits per heavy atom. The van der Waals surface area contributed by atoms with E-state index in [9.17, 15) is 0 Å². The highest BCUT2D eigenvalue weighted by molar-refractivity contribution is 7.26. The van der Waals surface area contributed by atoms with Crippen molar-refractivity contribution in [1.82, 2.24) is 4.57 Å². The topological polar surface area (TPSA) is 26.5 Å². The molecule has 0 N–H and O–H groups in total. The molecule has 48 heavy (non-hydrogen) atoms. The summed E-state index contributed by atoms with van der Waals surface area (Å²) in [4.78, 5) is 4.58. The van der Waals surface area contributed by atoms with Crippen molar-refractivity contribution in [2.24, 2.45) is 4.99 Å². The third-order valence-electron chi connectivity index (χ3n) is 9.19. The van der Waals surface area contributed by atoms with Crippen LogP contribution in [-0.2, 0) is 6.61 Å². The van der Waals surface area contributed by atoms with Crippen molar-refractivity contribution in [2.75, 3.05) is 0 Å². The van der Waals surface area contributed by atoms with Crippen LogP contribution in [0.5, 0.6) is 5.75 Å². The Hall–Kier alpha value is -5.97. The van der Waals surface area contributed by atoms with Crippen LogP contribution in [0.3, 0.4) is 0 Å². The van der Waals surface area contributed by atoms with E-state index in [1.807, 2.05) is 6.07 Å². The first-order valence-corrected chi connectivity index (χ1v) is 16.9. The maximum atomic E-state index is 6.73. The lowest BCUT2D eigenvalue weighted by molar-refractivity contribution is 0.308. The molecule has 228 valence electrons. The first kappa shape index (κ1) is 28.3. The fourth-order valence-electron chi connectivity index (χ4n) is 6.93. The van der Waals surface area contributed by atoms with Gasteiger partial charge in [0.1, 0.15) is 18.0 Å². The van der Waals surface area contributed by atoms with Crippen molar-refractivity contribution < 1.29 is 4.74 Å². The number of thiophene rings is 1. The molecule has 7 aromatic carbocycles. The van der Waals surface area contributed by atoms with Crippen molar-refractivity contribution in [3.63, 3.8) is 0 Å². The number of hydrogen-bond donors (Lipinski definition) is 0. The van der Waals surface area contributed by atoms with E-state index in [0.717, 1.165) is 44.7 Å². The highest BCUT2D eigenvalue weighted by Gasteiger charge is 2.20. The Bertz CT molecular complexity index is 2620. The number of aliphatic imine (C=N–C) groups is 1. The van der Waals surface area contributed by atoms with E-state index in [0.29, 0.717) is 6.61 Å². The first-order chi connectivity index (χ1) is 23.8. The molecule has 0 saturated carbocycles. The Kier molecular flexibility index (Phi) is 6.88. The summed E-state index contributed by atoms with van der Waals surface area (Å²) in [5.41, 5.74) is 10.0. The molecule has 0 amide bonds. The molecule has 0 unspecified atom stereocenters. The molecule has 2 aromatic heterocycles. The lowest BCUT2D eigenvalue weighted by Gasteiger charge is -2.14. The number of ether oxygens (including phenoxy) is 1. The second-order valence-electron chi connectivity index (χ2n) is 12.0. The van der Waals surface area contributed by atoms with E-state index in [2.05, 4.69) is 168 Å². The van der Waals surface area contributed by atoms with Crippen molar-refractivity contribution in [2.45, 2.75) is 6.61 Å². The van der Waals surface area contributed by atoms with E-state index in [1.165, 1.54) is 42.2 Å². The van der Waals surface area contributed by atoms with Crippen LogP contribution in [0.2, 0.25) is 0 Å². The molecule has 0 radical (unpaired) electrons. The molecule has 9 rings (SSSR count). The third kappa shape index (κ3) is 4.69. The van der Waals surface area contributed by atoms with Gasteiger partial charge in [-0.05, 0) is 65.4 Å². The van der Waals surface area contributed by atoms with Crippen molar-refractivity contribution in [1.29, 1.82) is 0 Å². The molecular weight excluding hydrogens is 605 g/mol. The van der Waals surface area contributed by atoms with Crippen LogP contribution < -0.4 is 4.74 Å². The van der Waals surface area contributed by atoms with Gasteiger partial charge >= 0.3 is 0 Å². The maximum Gasteiger partial charge on any atom is 0.146 e. The summed E-state index contributed by atoms with van der Waals surface area (Å²) < 4.78 is 11.5. The number of aromatic nitrogens is 1. The van der Waals surface area contributed by atoms with Crippen LogP contribution in [0.4, 0.5) is 5.69 Å². The number of fused-ring (bicyclic) bond motifs is 6. The summed E-state index contributed by atoms with van der Waals surface area (Å²) >= 11 is 1.79. The van der Waals surface area contributed by atoms with E-state index in [1.54, 1.807) is 11.3 Å². The number of rotatable bonds is 7. The van der Waals surface area contributed by atoms with E-state index < -0.39 is 0 Å². The van der Waals surface area contributed by atoms with Gasteiger partial charge in [0.15, 0.2) is 0 Å².